The summed E-state index contributed by atoms with van der Waals surface area (Å²) in [5.74, 6) is -5.90. The number of hydrogen-bond acceptors (Lipinski definition) is 10. The molecule has 3 aromatic carbocycles. The Morgan fingerprint density at radius 1 is 1.02 bits per heavy atom. The van der Waals surface area contributed by atoms with Crippen LogP contribution in [0.3, 0.4) is 0 Å². The molecule has 0 bridgehead atoms. The molecule has 0 spiro atoms. The smallest absolute Gasteiger partial charge is 0.271 e. The standard InChI is InChI=1S/C41H32Br2ClN5O8S/c1-17-23-12-18(44)8-11-29(23)58-36(17)27-16-30(46(3)45-27)48-38(52)26-14-24-21(32(41(26,2)40(48)54)25-15-28(57-4)35(50)34(43)33(25)42)9-10-22-31(24)39(53)47(37(22)51)19-6-5-7-20(13-19)49(55)56/h5-9,11-13,15-16,22,24,26,31-32,50H,10,14H2,1-4H3. The van der Waals surface area contributed by atoms with Crippen molar-refractivity contribution in [1.29, 1.82) is 0 Å². The molecule has 5 aromatic rings. The van der Waals surface area contributed by atoms with E-state index >= 15 is 9.59 Å². The minimum Gasteiger partial charge on any atom is -0.503 e. The van der Waals surface area contributed by atoms with Crippen molar-refractivity contribution in [2.45, 2.75) is 32.6 Å². The van der Waals surface area contributed by atoms with Gasteiger partial charge in [0.25, 0.3) is 5.69 Å². The Kier molecular flexibility index (Phi) is 9.04. The zero-order valence-corrected chi connectivity index (χ0v) is 35.9. The fourth-order valence-electron chi connectivity index (χ4n) is 9.77. The van der Waals surface area contributed by atoms with Crippen LogP contribution in [0, 0.1) is 46.1 Å². The number of methoxy groups -OCH3 is 1. The van der Waals surface area contributed by atoms with Crippen LogP contribution in [0.1, 0.15) is 36.8 Å². The Hall–Kier alpha value is -4.90. The lowest BCUT2D eigenvalue weighted by atomic mass is 9.51. The largest absolute Gasteiger partial charge is 0.503 e. The number of fused-ring (bicyclic) bond motifs is 5. The second-order valence-electron chi connectivity index (χ2n) is 15.3. The molecule has 4 heterocycles. The molecule has 2 aromatic heterocycles. The number of allylic oxidation sites excluding steroid dienone is 2. The van der Waals surface area contributed by atoms with E-state index in [0.29, 0.717) is 26.3 Å². The van der Waals surface area contributed by atoms with E-state index in [2.05, 4.69) is 31.9 Å². The number of halogens is 3. The molecule has 2 saturated heterocycles. The average Bonchev–Trinajstić information content (AvgIpc) is 3.87. The maximum absolute atomic E-state index is 15.3. The Balaban J connectivity index is 1.18. The van der Waals surface area contributed by atoms with E-state index in [-0.39, 0.29) is 46.0 Å². The summed E-state index contributed by atoms with van der Waals surface area (Å²) in [6.45, 7) is 3.74. The normalized spacial score (nSPS) is 25.3. The fourth-order valence-corrected chi connectivity index (χ4v) is 12.0. The molecule has 6 atom stereocenters. The summed E-state index contributed by atoms with van der Waals surface area (Å²) in [6.07, 6.45) is 2.14. The van der Waals surface area contributed by atoms with Crippen LogP contribution in [-0.4, -0.2) is 50.5 Å². The summed E-state index contributed by atoms with van der Waals surface area (Å²) >= 11 is 15.0. The van der Waals surface area contributed by atoms with E-state index in [9.17, 15) is 24.8 Å². The maximum atomic E-state index is 15.3. The number of aryl methyl sites for hydroxylation is 2. The molecule has 2 aliphatic heterocycles. The number of thiophene rings is 1. The van der Waals surface area contributed by atoms with Crippen LogP contribution in [0.15, 0.2) is 75.2 Å². The number of amides is 4. The number of benzene rings is 3. The van der Waals surface area contributed by atoms with Gasteiger partial charge in [-0.15, -0.1) is 11.3 Å². The van der Waals surface area contributed by atoms with Gasteiger partial charge in [0.05, 0.1) is 50.2 Å². The maximum Gasteiger partial charge on any atom is 0.271 e. The number of carbonyl (C=O) groups is 4. The number of carbonyl (C=O) groups excluding carboxylic acids is 4. The Morgan fingerprint density at radius 3 is 2.50 bits per heavy atom. The van der Waals surface area contributed by atoms with Crippen molar-refractivity contribution in [1.82, 2.24) is 9.78 Å². The molecule has 58 heavy (non-hydrogen) atoms. The van der Waals surface area contributed by atoms with E-state index in [0.717, 1.165) is 25.4 Å². The molecule has 4 amide bonds. The van der Waals surface area contributed by atoms with Crippen molar-refractivity contribution in [2.75, 3.05) is 16.9 Å². The van der Waals surface area contributed by atoms with Gasteiger partial charge in [-0.25, -0.2) is 9.80 Å². The van der Waals surface area contributed by atoms with Crippen molar-refractivity contribution in [3.8, 4) is 22.1 Å². The van der Waals surface area contributed by atoms with Crippen LogP contribution in [0.4, 0.5) is 17.2 Å². The third kappa shape index (κ3) is 5.33. The van der Waals surface area contributed by atoms with E-state index in [1.807, 2.05) is 31.2 Å². The molecular formula is C41H32Br2ClN5O8S. The molecule has 2 aliphatic carbocycles. The van der Waals surface area contributed by atoms with E-state index in [1.165, 1.54) is 52.3 Å². The highest BCUT2D eigenvalue weighted by atomic mass is 79.9. The van der Waals surface area contributed by atoms with E-state index in [1.54, 1.807) is 26.1 Å². The Morgan fingerprint density at radius 2 is 1.78 bits per heavy atom. The predicted octanol–water partition coefficient (Wildman–Crippen LogP) is 8.85. The van der Waals surface area contributed by atoms with Gasteiger partial charge in [-0.2, -0.15) is 5.10 Å². The number of nitro groups is 1. The zero-order chi connectivity index (χ0) is 41.3. The van der Waals surface area contributed by atoms with Gasteiger partial charge in [0.2, 0.25) is 23.6 Å². The first-order valence-electron chi connectivity index (χ1n) is 18.3. The summed E-state index contributed by atoms with van der Waals surface area (Å²) in [5, 5.41) is 29.0. The number of phenols is 1. The van der Waals surface area contributed by atoms with Crippen LogP contribution < -0.4 is 14.5 Å². The number of phenolic OH excluding ortho intramolecular Hbond substituents is 1. The Labute approximate surface area is 356 Å². The second kappa shape index (κ2) is 13.6. The highest BCUT2D eigenvalue weighted by molar-refractivity contribution is 9.13. The monoisotopic (exact) mass is 947 g/mol. The fraction of sp³-hybridized carbons (Fsp3) is 0.293. The number of hydrogen-bond donors (Lipinski definition) is 1. The lowest BCUT2D eigenvalue weighted by Gasteiger charge is -2.49. The number of rotatable bonds is 6. The lowest BCUT2D eigenvalue weighted by molar-refractivity contribution is -0.384. The van der Waals surface area contributed by atoms with Gasteiger partial charge in [0.1, 0.15) is 11.5 Å². The van der Waals surface area contributed by atoms with Crippen molar-refractivity contribution in [3.63, 3.8) is 0 Å². The SMILES string of the molecule is COc1cc(C2C3=CCC4C(=O)N(c5cccc([N+](=O)[O-])c5)C(=O)C4C3CC3C(=O)N(c4cc(-c5sc6ccc(Cl)cc6c5C)nn4C)C(=O)C32C)c(Br)c(Br)c1O. The number of ether oxygens (including phenoxy) is 1. The summed E-state index contributed by atoms with van der Waals surface area (Å²) in [5.41, 5.74) is 1.18. The number of nitro benzene ring substituents is 1. The van der Waals surface area contributed by atoms with Crippen LogP contribution >= 0.6 is 54.8 Å². The van der Waals surface area contributed by atoms with Gasteiger partial charge in [-0.1, -0.05) is 29.3 Å². The number of nitrogens with zero attached hydrogens (tertiary/aromatic N) is 5. The summed E-state index contributed by atoms with van der Waals surface area (Å²) in [6, 6.07) is 14.4. The van der Waals surface area contributed by atoms with Gasteiger partial charge in [0, 0.05) is 45.4 Å². The number of anilines is 2. The van der Waals surface area contributed by atoms with Gasteiger partial charge in [-0.05, 0) is 111 Å². The molecule has 6 unspecified atom stereocenters. The molecule has 1 saturated carbocycles. The van der Waals surface area contributed by atoms with Gasteiger partial charge >= 0.3 is 0 Å². The second-order valence-corrected chi connectivity index (χ2v) is 18.4. The summed E-state index contributed by atoms with van der Waals surface area (Å²) in [7, 11) is 3.08. The molecule has 9 rings (SSSR count). The van der Waals surface area contributed by atoms with Gasteiger partial charge in [-0.3, -0.25) is 34.0 Å². The first kappa shape index (κ1) is 38.6. The predicted molar refractivity (Wildman–Crippen MR) is 224 cm³/mol. The molecule has 296 valence electrons. The van der Waals surface area contributed by atoms with Crippen molar-refractivity contribution >= 4 is 106 Å². The van der Waals surface area contributed by atoms with Gasteiger partial charge in [0.15, 0.2) is 11.5 Å². The number of aromatic hydroxyl groups is 1. The Bertz CT molecular complexity index is 2750. The number of aromatic nitrogens is 2. The number of non-ortho nitro benzene ring substituents is 1. The average molecular weight is 950 g/mol. The molecule has 0 radical (unpaired) electrons. The summed E-state index contributed by atoms with van der Waals surface area (Å²) < 4.78 is 8.79. The van der Waals surface area contributed by atoms with Crippen LogP contribution in [0.25, 0.3) is 20.7 Å². The van der Waals surface area contributed by atoms with E-state index < -0.39 is 63.6 Å². The molecule has 1 N–H and O–H groups in total. The van der Waals surface area contributed by atoms with Crippen molar-refractivity contribution < 1.29 is 33.9 Å². The molecule has 3 fully saturated rings. The van der Waals surface area contributed by atoms with Crippen LogP contribution in [-0.2, 0) is 26.2 Å². The highest BCUT2D eigenvalue weighted by Gasteiger charge is 2.68. The van der Waals surface area contributed by atoms with Gasteiger partial charge < -0.3 is 9.84 Å². The first-order valence-corrected chi connectivity index (χ1v) is 21.0. The van der Waals surface area contributed by atoms with E-state index in [4.69, 9.17) is 21.4 Å². The molecule has 13 nitrogen and oxygen atoms in total. The van der Waals surface area contributed by atoms with Crippen molar-refractivity contribution in [2.24, 2.45) is 36.1 Å². The van der Waals surface area contributed by atoms with Crippen LogP contribution in [0.5, 0.6) is 11.5 Å². The lowest BCUT2D eigenvalue weighted by Crippen LogP contribution is -2.49. The first-order chi connectivity index (χ1) is 27.6. The van der Waals surface area contributed by atoms with Crippen molar-refractivity contribution in [3.05, 3.63) is 101 Å². The topological polar surface area (TPSA) is 165 Å². The third-order valence-electron chi connectivity index (χ3n) is 12.5. The highest BCUT2D eigenvalue weighted by Crippen LogP contribution is 2.65. The zero-order valence-electron chi connectivity index (χ0n) is 31.2. The number of imide groups is 2. The quantitative estimate of drug-likeness (QED) is 0.0758. The third-order valence-corrected chi connectivity index (χ3v) is 16.2. The molecule has 17 heteroatoms. The molecular weight excluding hydrogens is 918 g/mol. The minimum atomic E-state index is -1.42. The minimum absolute atomic E-state index is 0.0811. The summed E-state index contributed by atoms with van der Waals surface area (Å²) in [4.78, 5) is 73.1. The molecule has 4 aliphatic rings. The van der Waals surface area contributed by atoms with Crippen LogP contribution in [0.2, 0.25) is 5.02 Å².